The highest BCUT2D eigenvalue weighted by molar-refractivity contribution is 7.89. The third-order valence-electron chi connectivity index (χ3n) is 5.29. The normalized spacial score (nSPS) is 14.9. The Morgan fingerprint density at radius 3 is 2.52 bits per heavy atom. The third kappa shape index (κ3) is 4.68. The molecular weight excluding hydrogens is 442 g/mol. The molecule has 1 aromatic heterocycles. The van der Waals surface area contributed by atoms with Crippen molar-refractivity contribution in [3.63, 3.8) is 0 Å². The van der Waals surface area contributed by atoms with E-state index in [-0.39, 0.29) is 22.9 Å². The van der Waals surface area contributed by atoms with Crippen LogP contribution in [-0.2, 0) is 27.8 Å². The summed E-state index contributed by atoms with van der Waals surface area (Å²) in [7, 11) is -3.62. The fourth-order valence-corrected chi connectivity index (χ4v) is 5.29. The van der Waals surface area contributed by atoms with Gasteiger partial charge < -0.3 is 9.73 Å². The van der Waals surface area contributed by atoms with Crippen LogP contribution in [0.5, 0.6) is 0 Å². The minimum Gasteiger partial charge on any atom is -0.408 e. The summed E-state index contributed by atoms with van der Waals surface area (Å²) in [6.45, 7) is 1.16. The second-order valence-electron chi connectivity index (χ2n) is 7.42. The highest BCUT2D eigenvalue weighted by atomic mass is 35.5. The van der Waals surface area contributed by atoms with Gasteiger partial charge in [-0.15, -0.1) is 0 Å². The first-order chi connectivity index (χ1) is 14.8. The summed E-state index contributed by atoms with van der Waals surface area (Å²) in [4.78, 5) is 24.7. The molecule has 2 aromatic carbocycles. The van der Waals surface area contributed by atoms with Crippen LogP contribution in [0.3, 0.4) is 0 Å². The second-order valence-corrected chi connectivity index (χ2v) is 9.80. The van der Waals surface area contributed by atoms with E-state index >= 15 is 0 Å². The second kappa shape index (κ2) is 8.86. The molecule has 3 aromatic rings. The molecule has 0 atom stereocenters. The molecule has 164 valence electrons. The lowest BCUT2D eigenvalue weighted by molar-refractivity contribution is -0.121. The number of rotatable bonds is 7. The largest absolute Gasteiger partial charge is 0.420 e. The molecule has 1 N–H and O–H groups in total. The molecule has 0 radical (unpaired) electrons. The number of benzene rings is 2. The van der Waals surface area contributed by atoms with Crippen LogP contribution in [0.4, 0.5) is 0 Å². The SMILES string of the molecule is O=C(Cn1c(=O)oc2cc(S(=O)(=O)N3CCCC3)ccc21)NCCc1ccc(Cl)cc1. The third-order valence-corrected chi connectivity index (χ3v) is 7.44. The van der Waals surface area contributed by atoms with Gasteiger partial charge in [0.2, 0.25) is 15.9 Å². The van der Waals surface area contributed by atoms with Gasteiger partial charge in [-0.2, -0.15) is 4.31 Å². The summed E-state index contributed by atoms with van der Waals surface area (Å²) in [6.07, 6.45) is 2.29. The van der Waals surface area contributed by atoms with Crippen LogP contribution < -0.4 is 11.1 Å². The molecule has 0 unspecified atom stereocenters. The molecule has 1 aliphatic heterocycles. The van der Waals surface area contributed by atoms with Gasteiger partial charge in [0.15, 0.2) is 5.58 Å². The van der Waals surface area contributed by atoms with E-state index < -0.39 is 15.8 Å². The summed E-state index contributed by atoms with van der Waals surface area (Å²) < 4.78 is 33.3. The molecule has 0 aliphatic carbocycles. The maximum absolute atomic E-state index is 12.7. The average molecular weight is 464 g/mol. The van der Waals surface area contributed by atoms with Crippen LogP contribution in [-0.4, -0.2) is 42.8 Å². The lowest BCUT2D eigenvalue weighted by atomic mass is 10.1. The van der Waals surface area contributed by atoms with Crippen LogP contribution in [0.15, 0.2) is 56.6 Å². The Kier molecular flexibility index (Phi) is 6.17. The molecular formula is C21H22ClN3O5S. The Morgan fingerprint density at radius 2 is 1.81 bits per heavy atom. The van der Waals surface area contributed by atoms with Gasteiger partial charge >= 0.3 is 5.76 Å². The first-order valence-electron chi connectivity index (χ1n) is 9.99. The zero-order valence-electron chi connectivity index (χ0n) is 16.7. The van der Waals surface area contributed by atoms with Crippen molar-refractivity contribution in [2.75, 3.05) is 19.6 Å². The van der Waals surface area contributed by atoms with Gasteiger partial charge in [-0.1, -0.05) is 23.7 Å². The van der Waals surface area contributed by atoms with E-state index in [0.717, 1.165) is 18.4 Å². The van der Waals surface area contributed by atoms with Crippen molar-refractivity contribution in [3.8, 4) is 0 Å². The summed E-state index contributed by atoms with van der Waals surface area (Å²) in [5, 5.41) is 3.42. The number of oxazole rings is 1. The van der Waals surface area contributed by atoms with E-state index in [2.05, 4.69) is 5.32 Å². The number of amides is 1. The molecule has 10 heteroatoms. The number of halogens is 1. The van der Waals surface area contributed by atoms with Gasteiger partial charge in [-0.3, -0.25) is 9.36 Å². The minimum absolute atomic E-state index is 0.0789. The van der Waals surface area contributed by atoms with Crippen LogP contribution in [0.2, 0.25) is 5.02 Å². The number of nitrogens with one attached hydrogen (secondary N) is 1. The highest BCUT2D eigenvalue weighted by Crippen LogP contribution is 2.24. The van der Waals surface area contributed by atoms with E-state index in [4.69, 9.17) is 16.0 Å². The van der Waals surface area contributed by atoms with E-state index in [9.17, 15) is 18.0 Å². The number of hydrogen-bond acceptors (Lipinski definition) is 5. The van der Waals surface area contributed by atoms with Gasteiger partial charge in [0.1, 0.15) is 6.54 Å². The zero-order valence-corrected chi connectivity index (χ0v) is 18.3. The summed E-state index contributed by atoms with van der Waals surface area (Å²) in [5.41, 5.74) is 1.54. The maximum Gasteiger partial charge on any atom is 0.420 e. The quantitative estimate of drug-likeness (QED) is 0.579. The zero-order chi connectivity index (χ0) is 22.0. The number of carbonyl (C=O) groups excluding carboxylic acids is 1. The van der Waals surface area contributed by atoms with Crippen molar-refractivity contribution in [2.45, 2.75) is 30.7 Å². The van der Waals surface area contributed by atoms with Gasteiger partial charge in [-0.25, -0.2) is 13.2 Å². The Hall–Kier alpha value is -2.62. The molecule has 0 bridgehead atoms. The van der Waals surface area contributed by atoms with E-state index in [1.165, 1.54) is 27.1 Å². The van der Waals surface area contributed by atoms with Crippen molar-refractivity contribution in [2.24, 2.45) is 0 Å². The lowest BCUT2D eigenvalue weighted by Gasteiger charge is -2.15. The molecule has 1 fully saturated rings. The Morgan fingerprint density at radius 1 is 1.10 bits per heavy atom. The number of aromatic nitrogens is 1. The van der Waals surface area contributed by atoms with Crippen molar-refractivity contribution in [3.05, 3.63) is 63.6 Å². The minimum atomic E-state index is -3.62. The Labute approximate surface area is 184 Å². The average Bonchev–Trinajstić information content (AvgIpc) is 3.38. The maximum atomic E-state index is 12.7. The van der Waals surface area contributed by atoms with Gasteiger partial charge in [0.05, 0.1) is 10.4 Å². The fraction of sp³-hybridized carbons (Fsp3) is 0.333. The first-order valence-corrected chi connectivity index (χ1v) is 11.8. The van der Waals surface area contributed by atoms with E-state index in [1.54, 1.807) is 12.1 Å². The monoisotopic (exact) mass is 463 g/mol. The molecule has 1 saturated heterocycles. The van der Waals surface area contributed by atoms with Crippen LogP contribution in [0.25, 0.3) is 11.1 Å². The van der Waals surface area contributed by atoms with Gasteiger partial charge in [-0.05, 0) is 49.1 Å². The number of fused-ring (bicyclic) bond motifs is 1. The first kappa shape index (κ1) is 21.6. The number of hydrogen-bond donors (Lipinski definition) is 1. The lowest BCUT2D eigenvalue weighted by Crippen LogP contribution is -2.32. The van der Waals surface area contributed by atoms with Crippen LogP contribution in [0, 0.1) is 0 Å². The molecule has 4 rings (SSSR count). The topological polar surface area (TPSA) is 102 Å². The van der Waals surface area contributed by atoms with Gasteiger partial charge in [0, 0.05) is 30.7 Å². The number of nitrogens with zero attached hydrogens (tertiary/aromatic N) is 2. The fourth-order valence-electron chi connectivity index (χ4n) is 3.63. The molecule has 1 amide bonds. The van der Waals surface area contributed by atoms with Crippen molar-refractivity contribution in [1.82, 2.24) is 14.2 Å². The van der Waals surface area contributed by atoms with Crippen molar-refractivity contribution < 1.29 is 17.6 Å². The molecule has 8 nitrogen and oxygen atoms in total. The molecule has 31 heavy (non-hydrogen) atoms. The van der Waals surface area contributed by atoms with Crippen molar-refractivity contribution in [1.29, 1.82) is 0 Å². The summed E-state index contributed by atoms with van der Waals surface area (Å²) in [5.74, 6) is -1.05. The summed E-state index contributed by atoms with van der Waals surface area (Å²) >= 11 is 5.86. The summed E-state index contributed by atoms with van der Waals surface area (Å²) in [6, 6.07) is 11.6. The number of sulfonamides is 1. The van der Waals surface area contributed by atoms with Crippen LogP contribution in [0.1, 0.15) is 18.4 Å². The Balaban J connectivity index is 1.45. The molecule has 1 aliphatic rings. The molecule has 0 spiro atoms. The van der Waals surface area contributed by atoms with Crippen molar-refractivity contribution >= 4 is 38.6 Å². The molecule has 2 heterocycles. The van der Waals surface area contributed by atoms with Crippen LogP contribution >= 0.6 is 11.6 Å². The smallest absolute Gasteiger partial charge is 0.408 e. The predicted molar refractivity (Wildman–Crippen MR) is 117 cm³/mol. The Bertz CT molecular complexity index is 1260. The molecule has 0 saturated carbocycles. The van der Waals surface area contributed by atoms with E-state index in [0.29, 0.717) is 36.6 Å². The van der Waals surface area contributed by atoms with E-state index in [1.807, 2.05) is 12.1 Å². The predicted octanol–water partition coefficient (Wildman–Crippen LogP) is 2.39. The van der Waals surface area contributed by atoms with Gasteiger partial charge in [0.25, 0.3) is 0 Å². The standard InChI is InChI=1S/C21H22ClN3O5S/c22-16-5-3-15(4-6-16)9-10-23-20(26)14-25-18-8-7-17(13-19(18)30-21(25)27)31(28,29)24-11-1-2-12-24/h3-8,13H,1-2,9-12,14H2,(H,23,26). The number of carbonyl (C=O) groups is 1. The highest BCUT2D eigenvalue weighted by Gasteiger charge is 2.28.